The summed E-state index contributed by atoms with van der Waals surface area (Å²) in [5, 5.41) is 12.6. The van der Waals surface area contributed by atoms with E-state index in [1.54, 1.807) is 42.5 Å². The number of amides is 1. The van der Waals surface area contributed by atoms with Gasteiger partial charge in [-0.15, -0.1) is 0 Å². The molecule has 1 atom stereocenters. The number of halogens is 1. The molecule has 1 fully saturated rings. The van der Waals surface area contributed by atoms with Crippen LogP contribution in [0.15, 0.2) is 96.7 Å². The highest BCUT2D eigenvalue weighted by atomic mass is 35.5. The van der Waals surface area contributed by atoms with E-state index in [0.29, 0.717) is 44.9 Å². The fourth-order valence-corrected chi connectivity index (χ4v) is 6.76. The second-order valence-electron chi connectivity index (χ2n) is 10.6. The van der Waals surface area contributed by atoms with Crippen molar-refractivity contribution in [1.82, 2.24) is 14.4 Å². The van der Waals surface area contributed by atoms with Crippen molar-refractivity contribution in [3.8, 4) is 5.75 Å². The number of hydrogen-bond donors (Lipinski definition) is 1. The molecule has 8 nitrogen and oxygen atoms in total. The van der Waals surface area contributed by atoms with Gasteiger partial charge in [-0.1, -0.05) is 71.5 Å². The monoisotopic (exact) mass is 620 g/mol. The van der Waals surface area contributed by atoms with Gasteiger partial charge in [0.15, 0.2) is 10.9 Å². The summed E-state index contributed by atoms with van der Waals surface area (Å²) in [5.74, 6) is -1.33. The van der Waals surface area contributed by atoms with Gasteiger partial charge in [0.05, 0.1) is 27.5 Å². The molecule has 218 valence electrons. The molecule has 0 bridgehead atoms. The van der Waals surface area contributed by atoms with Gasteiger partial charge in [-0.2, -0.15) is 0 Å². The minimum Gasteiger partial charge on any atom is -0.505 e. The second-order valence-corrected chi connectivity index (χ2v) is 12.0. The third kappa shape index (κ3) is 4.70. The molecule has 7 rings (SSSR count). The molecule has 0 aliphatic carbocycles. The van der Waals surface area contributed by atoms with Crippen molar-refractivity contribution in [2.45, 2.75) is 26.5 Å². The lowest BCUT2D eigenvalue weighted by molar-refractivity contribution is -0.132. The number of benzene rings is 3. The first kappa shape index (κ1) is 27.8. The van der Waals surface area contributed by atoms with Gasteiger partial charge in [0, 0.05) is 11.2 Å². The van der Waals surface area contributed by atoms with E-state index < -0.39 is 17.7 Å². The van der Waals surface area contributed by atoms with Gasteiger partial charge in [-0.25, -0.2) is 9.97 Å². The summed E-state index contributed by atoms with van der Waals surface area (Å²) < 4.78 is 8.60. The Morgan fingerprint density at radius 3 is 2.50 bits per heavy atom. The summed E-state index contributed by atoms with van der Waals surface area (Å²) in [6.07, 6.45) is 1.85. The zero-order valence-electron chi connectivity index (χ0n) is 23.7. The lowest BCUT2D eigenvalue weighted by Crippen LogP contribution is -2.29. The Morgan fingerprint density at radius 1 is 0.977 bits per heavy atom. The standard InChI is InChI=1S/C34H25ClN4O4S/c1-19-7-6-16-38-20(2)28(37-32(19)38)30(40)27-29(22-10-13-24(14-11-22)43-18-21-8-4-3-5-9-21)39(33(42)31(27)41)34-36-25-15-12-23(35)17-26(25)44-34/h3-17,29,40H,18H2,1-2H3. The Morgan fingerprint density at radius 2 is 1.75 bits per heavy atom. The van der Waals surface area contributed by atoms with E-state index in [2.05, 4.69) is 9.97 Å². The Bertz CT molecular complexity index is 2120. The maximum absolute atomic E-state index is 13.8. The number of carbonyl (C=O) groups excluding carboxylic acids is 2. The number of aliphatic hydroxyl groups excluding tert-OH is 1. The number of rotatable bonds is 6. The molecule has 1 saturated heterocycles. The third-order valence-electron chi connectivity index (χ3n) is 7.74. The Balaban J connectivity index is 1.35. The van der Waals surface area contributed by atoms with Gasteiger partial charge in [-0.05, 0) is 66.9 Å². The predicted octanol–water partition coefficient (Wildman–Crippen LogP) is 7.42. The number of anilines is 1. The molecule has 1 aliphatic heterocycles. The zero-order chi connectivity index (χ0) is 30.5. The predicted molar refractivity (Wildman–Crippen MR) is 171 cm³/mol. The van der Waals surface area contributed by atoms with Crippen molar-refractivity contribution >= 4 is 61.4 Å². The average molecular weight is 621 g/mol. The first-order chi connectivity index (χ1) is 21.3. The molecule has 0 saturated carbocycles. The maximum Gasteiger partial charge on any atom is 0.301 e. The molecular weight excluding hydrogens is 596 g/mol. The molecule has 0 radical (unpaired) electrons. The molecule has 6 aromatic rings. The highest BCUT2D eigenvalue weighted by Crippen LogP contribution is 2.45. The van der Waals surface area contributed by atoms with Gasteiger partial charge < -0.3 is 14.2 Å². The Labute approximate surface area is 261 Å². The van der Waals surface area contributed by atoms with Crippen LogP contribution >= 0.6 is 22.9 Å². The van der Waals surface area contributed by atoms with Gasteiger partial charge in [0.25, 0.3) is 5.78 Å². The van der Waals surface area contributed by atoms with Crippen LogP contribution in [0.5, 0.6) is 5.75 Å². The molecule has 4 heterocycles. The SMILES string of the molecule is Cc1cccn2c(C)c(C(O)=C3C(=O)C(=O)N(c4nc5ccc(Cl)cc5s4)C3c3ccc(OCc4ccccc4)cc3)nc12. The molecule has 3 aromatic heterocycles. The number of ketones is 1. The van der Waals surface area contributed by atoms with E-state index in [-0.39, 0.29) is 17.0 Å². The van der Waals surface area contributed by atoms with Crippen LogP contribution in [0.2, 0.25) is 5.02 Å². The quantitative estimate of drug-likeness (QED) is 0.118. The van der Waals surface area contributed by atoms with Crippen molar-refractivity contribution in [3.63, 3.8) is 0 Å². The number of thiazole rings is 1. The molecule has 1 unspecified atom stereocenters. The van der Waals surface area contributed by atoms with Gasteiger partial charge >= 0.3 is 5.91 Å². The van der Waals surface area contributed by atoms with E-state index in [9.17, 15) is 14.7 Å². The summed E-state index contributed by atoms with van der Waals surface area (Å²) in [6, 6.07) is 25.1. The second kappa shape index (κ2) is 10.9. The first-order valence-electron chi connectivity index (χ1n) is 13.9. The number of Topliss-reactive ketones (excluding diaryl/α,β-unsaturated/α-hetero) is 1. The van der Waals surface area contributed by atoms with Gasteiger partial charge in [0.1, 0.15) is 23.7 Å². The van der Waals surface area contributed by atoms with Crippen LogP contribution in [0.1, 0.15) is 34.1 Å². The normalized spacial score (nSPS) is 16.3. The number of pyridine rings is 1. The molecule has 10 heteroatoms. The van der Waals surface area contributed by atoms with E-state index in [1.165, 1.54) is 16.2 Å². The van der Waals surface area contributed by atoms with Crippen LogP contribution < -0.4 is 9.64 Å². The number of carbonyl (C=O) groups is 2. The van der Waals surface area contributed by atoms with Crippen LogP contribution in [0.25, 0.3) is 21.6 Å². The summed E-state index contributed by atoms with van der Waals surface area (Å²) in [5.41, 5.74) is 4.66. The number of hydrogen-bond acceptors (Lipinski definition) is 7. The minimum absolute atomic E-state index is 0.0607. The number of aromatic nitrogens is 3. The number of ether oxygens (including phenoxy) is 1. The summed E-state index contributed by atoms with van der Waals surface area (Å²) in [7, 11) is 0. The molecule has 1 amide bonds. The number of aliphatic hydroxyl groups is 1. The summed E-state index contributed by atoms with van der Waals surface area (Å²) in [4.78, 5) is 38.2. The third-order valence-corrected chi connectivity index (χ3v) is 8.99. The molecule has 1 N–H and O–H groups in total. The van der Waals surface area contributed by atoms with Crippen LogP contribution in [-0.2, 0) is 16.2 Å². The number of aryl methyl sites for hydroxylation is 2. The largest absolute Gasteiger partial charge is 0.505 e. The molecule has 44 heavy (non-hydrogen) atoms. The molecular formula is C34H25ClN4O4S. The van der Waals surface area contributed by atoms with E-state index in [1.807, 2.05) is 66.9 Å². The molecule has 1 aliphatic rings. The van der Waals surface area contributed by atoms with Crippen LogP contribution in [0.4, 0.5) is 5.13 Å². The van der Waals surface area contributed by atoms with Crippen molar-refractivity contribution in [2.24, 2.45) is 0 Å². The zero-order valence-corrected chi connectivity index (χ0v) is 25.3. The first-order valence-corrected chi connectivity index (χ1v) is 15.1. The Kier molecular flexibility index (Phi) is 6.91. The number of nitrogens with zero attached hydrogens (tertiary/aromatic N) is 4. The van der Waals surface area contributed by atoms with E-state index in [4.69, 9.17) is 16.3 Å². The average Bonchev–Trinajstić information content (AvgIpc) is 3.68. The Hall–Kier alpha value is -4.99. The van der Waals surface area contributed by atoms with Crippen molar-refractivity contribution in [2.75, 3.05) is 4.90 Å². The highest BCUT2D eigenvalue weighted by Gasteiger charge is 2.48. The smallest absolute Gasteiger partial charge is 0.301 e. The molecule has 0 spiro atoms. The van der Waals surface area contributed by atoms with Crippen molar-refractivity contribution < 1.29 is 19.4 Å². The fraction of sp³-hybridized carbons (Fsp3) is 0.118. The highest BCUT2D eigenvalue weighted by molar-refractivity contribution is 7.22. The lowest BCUT2D eigenvalue weighted by Gasteiger charge is -2.23. The topological polar surface area (TPSA) is 97.0 Å². The maximum atomic E-state index is 13.8. The molecule has 3 aromatic carbocycles. The van der Waals surface area contributed by atoms with Crippen LogP contribution in [-0.4, -0.2) is 31.2 Å². The van der Waals surface area contributed by atoms with E-state index in [0.717, 1.165) is 15.8 Å². The van der Waals surface area contributed by atoms with Gasteiger partial charge in [-0.3, -0.25) is 14.5 Å². The number of imidazole rings is 1. The van der Waals surface area contributed by atoms with E-state index >= 15 is 0 Å². The summed E-state index contributed by atoms with van der Waals surface area (Å²) >= 11 is 7.47. The van der Waals surface area contributed by atoms with Crippen molar-refractivity contribution in [1.29, 1.82) is 0 Å². The van der Waals surface area contributed by atoms with Crippen LogP contribution in [0, 0.1) is 13.8 Å². The summed E-state index contributed by atoms with van der Waals surface area (Å²) in [6.45, 7) is 4.13. The lowest BCUT2D eigenvalue weighted by atomic mass is 9.96. The van der Waals surface area contributed by atoms with Crippen LogP contribution in [0.3, 0.4) is 0 Å². The van der Waals surface area contributed by atoms with Crippen molar-refractivity contribution in [3.05, 3.63) is 130 Å². The van der Waals surface area contributed by atoms with Gasteiger partial charge in [0.2, 0.25) is 0 Å². The fourth-order valence-electron chi connectivity index (χ4n) is 5.50. The minimum atomic E-state index is -0.959. The number of fused-ring (bicyclic) bond motifs is 2.